The summed E-state index contributed by atoms with van der Waals surface area (Å²) in [6.07, 6.45) is 0. The zero-order chi connectivity index (χ0) is 15.4. The van der Waals surface area contributed by atoms with E-state index in [2.05, 4.69) is 0 Å². The number of nitrogens with zero attached hydrogens (tertiary/aromatic N) is 1. The van der Waals surface area contributed by atoms with Crippen molar-refractivity contribution in [1.29, 1.82) is 0 Å². The minimum atomic E-state index is -0.431. The number of para-hydroxylation sites is 1. The second kappa shape index (κ2) is 6.56. The lowest BCUT2D eigenvalue weighted by atomic mass is 10.1. The van der Waals surface area contributed by atoms with E-state index in [0.29, 0.717) is 16.3 Å². The Kier molecular flexibility index (Phi) is 4.77. The number of nitro benzene ring substituents is 1. The normalized spacial score (nSPS) is 12.0. The highest BCUT2D eigenvalue weighted by atomic mass is 35.5. The first-order valence-electron chi connectivity index (χ1n) is 6.39. The number of ether oxygens (including phenoxy) is 1. The summed E-state index contributed by atoms with van der Waals surface area (Å²) in [5.74, 6) is 0.471. The number of halogens is 1. The van der Waals surface area contributed by atoms with Gasteiger partial charge < -0.3 is 10.5 Å². The van der Waals surface area contributed by atoms with Crippen molar-refractivity contribution < 1.29 is 9.66 Å². The molecule has 2 N–H and O–H groups in total. The molecule has 1 atom stereocenters. The molecule has 0 aliphatic carbocycles. The van der Waals surface area contributed by atoms with Crippen molar-refractivity contribution in [3.05, 3.63) is 68.7 Å². The third kappa shape index (κ3) is 3.71. The van der Waals surface area contributed by atoms with E-state index < -0.39 is 4.92 Å². The molecule has 0 saturated carbocycles. The average molecular weight is 307 g/mol. The van der Waals surface area contributed by atoms with E-state index >= 15 is 0 Å². The Bertz CT molecular complexity index is 659. The van der Waals surface area contributed by atoms with Crippen molar-refractivity contribution in [3.8, 4) is 5.75 Å². The third-order valence-corrected chi connectivity index (χ3v) is 3.35. The second-order valence-corrected chi connectivity index (χ2v) is 5.06. The standard InChI is InChI=1S/C15H15ClN2O3/c1-10(17)11-6-7-15(13(16)8-11)21-9-12-4-2-3-5-14(12)18(19)20/h2-8,10H,9,17H2,1H3/t10-/m1/s1. The molecular formula is C15H15ClN2O3. The zero-order valence-corrected chi connectivity index (χ0v) is 12.2. The molecule has 0 saturated heterocycles. The Balaban J connectivity index is 2.15. The van der Waals surface area contributed by atoms with Crippen molar-refractivity contribution in [1.82, 2.24) is 0 Å². The Morgan fingerprint density at radius 2 is 2.05 bits per heavy atom. The molecule has 5 nitrogen and oxygen atoms in total. The fraction of sp³-hybridized carbons (Fsp3) is 0.200. The smallest absolute Gasteiger partial charge is 0.276 e. The predicted molar refractivity (Wildman–Crippen MR) is 81.5 cm³/mol. The van der Waals surface area contributed by atoms with Gasteiger partial charge in [0.1, 0.15) is 12.4 Å². The second-order valence-electron chi connectivity index (χ2n) is 4.65. The molecule has 110 valence electrons. The first-order chi connectivity index (χ1) is 9.99. The summed E-state index contributed by atoms with van der Waals surface area (Å²) in [7, 11) is 0. The van der Waals surface area contributed by atoms with E-state index in [1.54, 1.807) is 30.3 Å². The van der Waals surface area contributed by atoms with Crippen LogP contribution >= 0.6 is 11.6 Å². The fourth-order valence-corrected chi connectivity index (χ4v) is 2.13. The number of benzene rings is 2. The Morgan fingerprint density at radius 3 is 2.67 bits per heavy atom. The van der Waals surface area contributed by atoms with Crippen LogP contribution in [0.25, 0.3) is 0 Å². The number of nitro groups is 1. The monoisotopic (exact) mass is 306 g/mol. The van der Waals surface area contributed by atoms with Crippen LogP contribution in [0.2, 0.25) is 5.02 Å². The van der Waals surface area contributed by atoms with Gasteiger partial charge >= 0.3 is 0 Å². The molecule has 6 heteroatoms. The van der Waals surface area contributed by atoms with E-state index in [-0.39, 0.29) is 18.3 Å². The van der Waals surface area contributed by atoms with E-state index in [1.165, 1.54) is 6.07 Å². The van der Waals surface area contributed by atoms with Crippen LogP contribution in [0.1, 0.15) is 24.1 Å². The first-order valence-corrected chi connectivity index (χ1v) is 6.77. The lowest BCUT2D eigenvalue weighted by Crippen LogP contribution is -2.05. The molecule has 0 unspecified atom stereocenters. The molecule has 2 aromatic rings. The summed E-state index contributed by atoms with van der Waals surface area (Å²) >= 11 is 6.13. The number of nitrogens with two attached hydrogens (primary N) is 1. The molecule has 0 amide bonds. The van der Waals surface area contributed by atoms with Gasteiger partial charge in [-0.3, -0.25) is 10.1 Å². The van der Waals surface area contributed by atoms with Crippen molar-refractivity contribution in [2.24, 2.45) is 5.73 Å². The summed E-state index contributed by atoms with van der Waals surface area (Å²) in [5, 5.41) is 11.4. The van der Waals surface area contributed by atoms with Gasteiger partial charge in [0.15, 0.2) is 0 Å². The zero-order valence-electron chi connectivity index (χ0n) is 11.5. The molecule has 0 aliphatic rings. The SMILES string of the molecule is C[C@@H](N)c1ccc(OCc2ccccc2[N+](=O)[O-])c(Cl)c1. The molecule has 0 spiro atoms. The summed E-state index contributed by atoms with van der Waals surface area (Å²) in [6.45, 7) is 1.94. The van der Waals surface area contributed by atoms with E-state index in [9.17, 15) is 10.1 Å². The average Bonchev–Trinajstić information content (AvgIpc) is 2.46. The van der Waals surface area contributed by atoms with Crippen LogP contribution in [-0.2, 0) is 6.61 Å². The third-order valence-electron chi connectivity index (χ3n) is 3.05. The van der Waals surface area contributed by atoms with E-state index in [0.717, 1.165) is 5.56 Å². The van der Waals surface area contributed by atoms with Gasteiger partial charge in [-0.15, -0.1) is 0 Å². The first kappa shape index (κ1) is 15.3. The summed E-state index contributed by atoms with van der Waals surface area (Å²) < 4.78 is 5.57. The lowest BCUT2D eigenvalue weighted by Gasteiger charge is -2.11. The number of rotatable bonds is 5. The van der Waals surface area contributed by atoms with Gasteiger partial charge in [0.2, 0.25) is 0 Å². The van der Waals surface area contributed by atoms with Gasteiger partial charge in [-0.2, -0.15) is 0 Å². The molecule has 0 radical (unpaired) electrons. The van der Waals surface area contributed by atoms with Crippen LogP contribution in [0.15, 0.2) is 42.5 Å². The van der Waals surface area contributed by atoms with Crippen LogP contribution in [0.4, 0.5) is 5.69 Å². The summed E-state index contributed by atoms with van der Waals surface area (Å²) in [5.41, 5.74) is 7.20. The highest BCUT2D eigenvalue weighted by molar-refractivity contribution is 6.32. The van der Waals surface area contributed by atoms with Crippen molar-refractivity contribution in [2.75, 3.05) is 0 Å². The van der Waals surface area contributed by atoms with Crippen LogP contribution in [-0.4, -0.2) is 4.92 Å². The van der Waals surface area contributed by atoms with E-state index in [4.69, 9.17) is 22.1 Å². The predicted octanol–water partition coefficient (Wildman–Crippen LogP) is 3.85. The van der Waals surface area contributed by atoms with Gasteiger partial charge in [-0.1, -0.05) is 29.8 Å². The largest absolute Gasteiger partial charge is 0.487 e. The molecule has 0 aromatic heterocycles. The summed E-state index contributed by atoms with van der Waals surface area (Å²) in [4.78, 5) is 10.5. The number of hydrogen-bond acceptors (Lipinski definition) is 4. The van der Waals surface area contributed by atoms with Crippen LogP contribution in [0.5, 0.6) is 5.75 Å². The van der Waals surface area contributed by atoms with Gasteiger partial charge in [-0.25, -0.2) is 0 Å². The van der Waals surface area contributed by atoms with Crippen molar-refractivity contribution >= 4 is 17.3 Å². The minimum absolute atomic E-state index is 0.0285. The molecule has 2 rings (SSSR count). The highest BCUT2D eigenvalue weighted by Gasteiger charge is 2.13. The summed E-state index contributed by atoms with van der Waals surface area (Å²) in [6, 6.07) is 11.6. The minimum Gasteiger partial charge on any atom is -0.487 e. The lowest BCUT2D eigenvalue weighted by molar-refractivity contribution is -0.385. The molecule has 0 bridgehead atoms. The molecule has 21 heavy (non-hydrogen) atoms. The Labute approximate surface area is 127 Å². The van der Waals surface area contributed by atoms with Crippen LogP contribution < -0.4 is 10.5 Å². The van der Waals surface area contributed by atoms with Gasteiger partial charge in [0.25, 0.3) is 5.69 Å². The maximum absolute atomic E-state index is 10.9. The Morgan fingerprint density at radius 1 is 1.33 bits per heavy atom. The van der Waals surface area contributed by atoms with Crippen molar-refractivity contribution in [2.45, 2.75) is 19.6 Å². The van der Waals surface area contributed by atoms with Crippen molar-refractivity contribution in [3.63, 3.8) is 0 Å². The number of hydrogen-bond donors (Lipinski definition) is 1. The van der Waals surface area contributed by atoms with E-state index in [1.807, 2.05) is 13.0 Å². The molecule has 0 fully saturated rings. The molecule has 2 aromatic carbocycles. The van der Waals surface area contributed by atoms with Gasteiger partial charge in [0, 0.05) is 12.1 Å². The molecule has 0 heterocycles. The molecule has 0 aliphatic heterocycles. The maximum atomic E-state index is 10.9. The fourth-order valence-electron chi connectivity index (χ4n) is 1.88. The molecular weight excluding hydrogens is 292 g/mol. The Hall–Kier alpha value is -2.11. The maximum Gasteiger partial charge on any atom is 0.276 e. The quantitative estimate of drug-likeness (QED) is 0.672. The van der Waals surface area contributed by atoms with Crippen LogP contribution in [0.3, 0.4) is 0 Å². The van der Waals surface area contributed by atoms with Gasteiger partial charge in [-0.05, 0) is 30.7 Å². The van der Waals surface area contributed by atoms with Gasteiger partial charge in [0.05, 0.1) is 15.5 Å². The topological polar surface area (TPSA) is 78.4 Å². The highest BCUT2D eigenvalue weighted by Crippen LogP contribution is 2.29. The van der Waals surface area contributed by atoms with Crippen LogP contribution in [0, 0.1) is 10.1 Å².